The van der Waals surface area contributed by atoms with Crippen molar-refractivity contribution in [2.24, 2.45) is 18.7 Å². The largest absolute Gasteiger partial charge is 0.351 e. The molecular formula is C9H15N5O2S. The number of nitrogens with one attached hydrogen (secondary N) is 1. The number of nitrogens with zero attached hydrogens (tertiary/aromatic N) is 3. The minimum atomic E-state index is -0.848. The topological polar surface area (TPSA) is 103 Å². The van der Waals surface area contributed by atoms with E-state index in [0.29, 0.717) is 5.16 Å². The molecule has 1 aromatic rings. The van der Waals surface area contributed by atoms with Gasteiger partial charge in [0.25, 0.3) is 0 Å². The Morgan fingerprint density at radius 1 is 1.53 bits per heavy atom. The summed E-state index contributed by atoms with van der Waals surface area (Å²) in [6.07, 6.45) is 1.55. The van der Waals surface area contributed by atoms with Crippen molar-refractivity contribution in [1.29, 1.82) is 0 Å². The fraction of sp³-hybridized carbons (Fsp3) is 0.556. The lowest BCUT2D eigenvalue weighted by atomic mass is 10.1. The Kier molecular flexibility index (Phi) is 4.50. The molecule has 0 saturated carbocycles. The summed E-state index contributed by atoms with van der Waals surface area (Å²) < 4.78 is 1.71. The van der Waals surface area contributed by atoms with Gasteiger partial charge < -0.3 is 10.3 Å². The highest BCUT2D eigenvalue weighted by Crippen LogP contribution is 2.26. The summed E-state index contributed by atoms with van der Waals surface area (Å²) in [4.78, 5) is 22.4. The van der Waals surface area contributed by atoms with E-state index in [1.807, 2.05) is 13.8 Å². The van der Waals surface area contributed by atoms with Crippen LogP contribution in [-0.2, 0) is 11.8 Å². The second kappa shape index (κ2) is 5.67. The van der Waals surface area contributed by atoms with E-state index in [-0.39, 0.29) is 5.92 Å². The maximum absolute atomic E-state index is 11.7. The maximum atomic E-state index is 11.7. The zero-order chi connectivity index (χ0) is 13.0. The summed E-state index contributed by atoms with van der Waals surface area (Å²) in [6, 6.07) is -0.848. The molecule has 0 aliphatic carbocycles. The predicted molar refractivity (Wildman–Crippen MR) is 63.2 cm³/mol. The molecule has 0 spiro atoms. The lowest BCUT2D eigenvalue weighted by Crippen LogP contribution is -2.42. The Hall–Kier alpha value is -1.57. The summed E-state index contributed by atoms with van der Waals surface area (Å²) >= 11 is 1.25. The third-order valence-electron chi connectivity index (χ3n) is 2.01. The first-order chi connectivity index (χ1) is 7.91. The van der Waals surface area contributed by atoms with Crippen LogP contribution in [0, 0.1) is 5.92 Å². The Labute approximate surface area is 103 Å². The number of amides is 3. The first-order valence-corrected chi connectivity index (χ1v) is 5.90. The highest BCUT2D eigenvalue weighted by Gasteiger charge is 2.26. The smallest absolute Gasteiger partial charge is 0.318 e. The summed E-state index contributed by atoms with van der Waals surface area (Å²) in [5, 5.41) is 9.85. The van der Waals surface area contributed by atoms with E-state index >= 15 is 0 Å². The lowest BCUT2D eigenvalue weighted by Gasteiger charge is -2.17. The molecule has 0 aromatic carbocycles. The molecule has 17 heavy (non-hydrogen) atoms. The predicted octanol–water partition coefficient (Wildman–Crippen LogP) is 0.127. The summed E-state index contributed by atoms with van der Waals surface area (Å²) in [7, 11) is 1.78. The Morgan fingerprint density at radius 2 is 2.18 bits per heavy atom. The van der Waals surface area contributed by atoms with E-state index in [9.17, 15) is 9.59 Å². The fourth-order valence-electron chi connectivity index (χ4n) is 1.18. The van der Waals surface area contributed by atoms with E-state index in [1.165, 1.54) is 11.8 Å². The lowest BCUT2D eigenvalue weighted by molar-refractivity contribution is -0.120. The molecule has 0 unspecified atom stereocenters. The standard InChI is InChI=1S/C9H15N5O2S/c1-5(2)6(7(15)12-8(10)16)17-9-13-11-4-14(9)3/h4-6H,1-3H3,(H3,10,12,15,16)/t6-/m0/s1. The average molecular weight is 257 g/mol. The van der Waals surface area contributed by atoms with E-state index in [0.717, 1.165) is 0 Å². The minimum Gasteiger partial charge on any atom is -0.351 e. The molecule has 0 radical (unpaired) electrons. The number of hydrogen-bond acceptors (Lipinski definition) is 5. The van der Waals surface area contributed by atoms with Gasteiger partial charge in [-0.05, 0) is 5.92 Å². The van der Waals surface area contributed by atoms with Crippen molar-refractivity contribution in [3.05, 3.63) is 6.33 Å². The third-order valence-corrected chi connectivity index (χ3v) is 3.61. The monoisotopic (exact) mass is 257 g/mol. The van der Waals surface area contributed by atoms with Gasteiger partial charge in [-0.25, -0.2) is 4.79 Å². The van der Waals surface area contributed by atoms with Crippen LogP contribution < -0.4 is 11.1 Å². The first kappa shape index (κ1) is 13.5. The number of carbonyl (C=O) groups excluding carboxylic acids is 2. The van der Waals surface area contributed by atoms with Gasteiger partial charge in [-0.3, -0.25) is 10.1 Å². The molecule has 8 heteroatoms. The quantitative estimate of drug-likeness (QED) is 0.746. The number of primary amides is 1. The zero-order valence-electron chi connectivity index (χ0n) is 9.88. The molecule has 7 nitrogen and oxygen atoms in total. The van der Waals surface area contributed by atoms with E-state index in [1.54, 1.807) is 17.9 Å². The van der Waals surface area contributed by atoms with E-state index in [4.69, 9.17) is 5.73 Å². The molecule has 1 aromatic heterocycles. The molecule has 1 heterocycles. The SMILES string of the molecule is CC(C)[C@H](Sc1nncn1C)C(=O)NC(N)=O. The summed E-state index contributed by atoms with van der Waals surface area (Å²) in [5.74, 6) is -0.378. The molecule has 0 saturated heterocycles. The summed E-state index contributed by atoms with van der Waals surface area (Å²) in [5.41, 5.74) is 4.92. The van der Waals surface area contributed by atoms with Crippen LogP contribution in [-0.4, -0.2) is 32.0 Å². The highest BCUT2D eigenvalue weighted by atomic mass is 32.2. The van der Waals surface area contributed by atoms with Gasteiger partial charge >= 0.3 is 6.03 Å². The number of aromatic nitrogens is 3. The molecule has 0 fully saturated rings. The number of urea groups is 1. The molecule has 3 N–H and O–H groups in total. The minimum absolute atomic E-state index is 0.0380. The Bertz CT molecular complexity index is 417. The molecule has 1 rings (SSSR count). The van der Waals surface area contributed by atoms with Gasteiger partial charge in [0.1, 0.15) is 6.33 Å². The number of carbonyl (C=O) groups is 2. The summed E-state index contributed by atoms with van der Waals surface area (Å²) in [6.45, 7) is 3.77. The number of rotatable bonds is 4. The van der Waals surface area contributed by atoms with Crippen molar-refractivity contribution in [2.75, 3.05) is 0 Å². The van der Waals surface area contributed by atoms with Gasteiger partial charge in [0.2, 0.25) is 5.91 Å². The van der Waals surface area contributed by atoms with Crippen molar-refractivity contribution in [3.8, 4) is 0 Å². The second-order valence-electron chi connectivity index (χ2n) is 3.86. The van der Waals surface area contributed by atoms with Crippen molar-refractivity contribution in [1.82, 2.24) is 20.1 Å². The molecule has 0 bridgehead atoms. The first-order valence-electron chi connectivity index (χ1n) is 5.02. The van der Waals surface area contributed by atoms with Gasteiger partial charge in [0.15, 0.2) is 5.16 Å². The van der Waals surface area contributed by atoms with Gasteiger partial charge in [0.05, 0.1) is 5.25 Å². The molecule has 3 amide bonds. The van der Waals surface area contributed by atoms with Gasteiger partial charge in [-0.15, -0.1) is 10.2 Å². The Morgan fingerprint density at radius 3 is 2.59 bits per heavy atom. The molecule has 1 atom stereocenters. The van der Waals surface area contributed by atoms with Crippen molar-refractivity contribution in [3.63, 3.8) is 0 Å². The van der Waals surface area contributed by atoms with Gasteiger partial charge in [-0.2, -0.15) is 0 Å². The average Bonchev–Trinajstić information content (AvgIpc) is 2.58. The number of thioether (sulfide) groups is 1. The van der Waals surface area contributed by atoms with Gasteiger partial charge in [-0.1, -0.05) is 25.6 Å². The number of imide groups is 1. The molecular weight excluding hydrogens is 242 g/mol. The second-order valence-corrected chi connectivity index (χ2v) is 4.97. The van der Waals surface area contributed by atoms with Crippen molar-refractivity contribution >= 4 is 23.7 Å². The number of aryl methyl sites for hydroxylation is 1. The van der Waals surface area contributed by atoms with Crippen LogP contribution in [0.4, 0.5) is 4.79 Å². The maximum Gasteiger partial charge on any atom is 0.318 e. The van der Waals surface area contributed by atoms with Gasteiger partial charge in [0, 0.05) is 7.05 Å². The van der Waals surface area contributed by atoms with Crippen LogP contribution >= 0.6 is 11.8 Å². The normalized spacial score (nSPS) is 12.5. The fourth-order valence-corrected chi connectivity index (χ4v) is 2.15. The number of hydrogen-bond donors (Lipinski definition) is 2. The highest BCUT2D eigenvalue weighted by molar-refractivity contribution is 8.00. The van der Waals surface area contributed by atoms with E-state index in [2.05, 4.69) is 15.5 Å². The molecule has 94 valence electrons. The van der Waals surface area contributed by atoms with Crippen LogP contribution in [0.5, 0.6) is 0 Å². The van der Waals surface area contributed by atoms with Crippen LogP contribution in [0.3, 0.4) is 0 Å². The molecule has 0 aliphatic heterocycles. The van der Waals surface area contributed by atoms with Crippen LogP contribution in [0.1, 0.15) is 13.8 Å². The zero-order valence-corrected chi connectivity index (χ0v) is 10.7. The molecule has 0 aliphatic rings. The third kappa shape index (κ3) is 3.74. The van der Waals surface area contributed by atoms with Crippen molar-refractivity contribution < 1.29 is 9.59 Å². The van der Waals surface area contributed by atoms with Crippen LogP contribution in [0.25, 0.3) is 0 Å². The number of nitrogens with two attached hydrogens (primary N) is 1. The van der Waals surface area contributed by atoms with Crippen molar-refractivity contribution in [2.45, 2.75) is 24.3 Å². The van der Waals surface area contributed by atoms with E-state index < -0.39 is 17.2 Å². The Balaban J connectivity index is 2.77. The van der Waals surface area contributed by atoms with Crippen LogP contribution in [0.15, 0.2) is 11.5 Å². The van der Waals surface area contributed by atoms with Crippen LogP contribution in [0.2, 0.25) is 0 Å².